The molecule has 2 heterocycles. The zero-order chi connectivity index (χ0) is 22.5. The summed E-state index contributed by atoms with van der Waals surface area (Å²) in [6.07, 6.45) is -3.00. The van der Waals surface area contributed by atoms with Crippen LogP contribution in [0.5, 0.6) is 0 Å². The quantitative estimate of drug-likeness (QED) is 0.685. The van der Waals surface area contributed by atoms with E-state index >= 15 is 0 Å². The lowest BCUT2D eigenvalue weighted by Gasteiger charge is -2.33. The van der Waals surface area contributed by atoms with Gasteiger partial charge in [0.2, 0.25) is 0 Å². The predicted molar refractivity (Wildman–Crippen MR) is 103 cm³/mol. The van der Waals surface area contributed by atoms with Crippen LogP contribution in [0.25, 0.3) is 12.0 Å². The first kappa shape index (κ1) is 21.2. The van der Waals surface area contributed by atoms with Crippen molar-refractivity contribution in [3.8, 4) is 0 Å². The lowest BCUT2D eigenvalue weighted by molar-refractivity contribution is 0.0523. The average molecular weight is 440 g/mol. The van der Waals surface area contributed by atoms with Crippen LogP contribution in [0, 0.1) is 5.82 Å². The van der Waals surface area contributed by atoms with Crippen LogP contribution in [0.4, 0.5) is 32.2 Å². The highest BCUT2D eigenvalue weighted by molar-refractivity contribution is 5.64. The Morgan fingerprint density at radius 2 is 1.77 bits per heavy atom. The Morgan fingerprint density at radius 1 is 1.10 bits per heavy atom. The number of anilines is 1. The zero-order valence-corrected chi connectivity index (χ0v) is 16.3. The van der Waals surface area contributed by atoms with E-state index in [0.717, 1.165) is 17.3 Å². The summed E-state index contributed by atoms with van der Waals surface area (Å²) >= 11 is 0. The van der Waals surface area contributed by atoms with Crippen molar-refractivity contribution in [1.82, 2.24) is 14.9 Å². The number of hydrogen-bond acceptors (Lipinski definition) is 4. The minimum absolute atomic E-state index is 0.0436. The van der Waals surface area contributed by atoms with Crippen LogP contribution in [0.15, 0.2) is 36.8 Å². The normalized spacial score (nSPS) is 18.2. The Morgan fingerprint density at radius 3 is 2.39 bits per heavy atom. The maximum Gasteiger partial charge on any atom is 0.266 e. The summed E-state index contributed by atoms with van der Waals surface area (Å²) in [4.78, 5) is 9.03. The molecule has 1 unspecified atom stereocenters. The highest BCUT2D eigenvalue weighted by Crippen LogP contribution is 2.49. The van der Waals surface area contributed by atoms with E-state index in [9.17, 15) is 26.3 Å². The first-order valence-corrected chi connectivity index (χ1v) is 9.50. The molecule has 0 radical (unpaired) electrons. The molecule has 31 heavy (non-hydrogen) atoms. The maximum absolute atomic E-state index is 14.9. The van der Waals surface area contributed by atoms with Crippen molar-refractivity contribution < 1.29 is 26.3 Å². The second kappa shape index (κ2) is 7.58. The molecular weight excluding hydrogens is 422 g/mol. The standard InChI is InChI=1S/C21H18F6N4/c1-10(12-4-3-5-13(16(12)23)18(24)25)30-19-14-8-31(21(6-7-21)20(26)27)11(2)15(22)17(14)28-9-29-19/h3-5,8-10,18,20H,2,6-7H2,1H3,(H,28,29,30). The highest BCUT2D eigenvalue weighted by Gasteiger charge is 2.56. The third-order valence-corrected chi connectivity index (χ3v) is 5.66. The molecule has 0 amide bonds. The summed E-state index contributed by atoms with van der Waals surface area (Å²) in [5, 5.41) is 2.81. The second-order valence-corrected chi connectivity index (χ2v) is 7.57. The molecule has 1 saturated carbocycles. The predicted octanol–water partition coefficient (Wildman–Crippen LogP) is 4.17. The largest absolute Gasteiger partial charge is 0.363 e. The van der Waals surface area contributed by atoms with Crippen molar-refractivity contribution in [2.45, 2.75) is 44.2 Å². The number of aromatic nitrogens is 2. The smallest absolute Gasteiger partial charge is 0.266 e. The van der Waals surface area contributed by atoms with Crippen molar-refractivity contribution in [2.75, 3.05) is 5.32 Å². The van der Waals surface area contributed by atoms with Gasteiger partial charge >= 0.3 is 0 Å². The van der Waals surface area contributed by atoms with Gasteiger partial charge in [0.25, 0.3) is 12.9 Å². The number of halogens is 6. The van der Waals surface area contributed by atoms with Crippen LogP contribution in [-0.4, -0.2) is 26.8 Å². The molecule has 0 spiro atoms. The van der Waals surface area contributed by atoms with E-state index in [4.69, 9.17) is 0 Å². The molecule has 2 aromatic rings. The van der Waals surface area contributed by atoms with Gasteiger partial charge in [0.1, 0.15) is 28.9 Å². The molecular formula is C21H18F6N4. The Kier molecular flexibility index (Phi) is 5.18. The number of hydrogen-bond donors (Lipinski definition) is 1. The van der Waals surface area contributed by atoms with Crippen LogP contribution < -0.4 is 15.9 Å². The van der Waals surface area contributed by atoms with Gasteiger partial charge in [-0.3, -0.25) is 0 Å². The number of allylic oxidation sites excluding steroid dienone is 1. The number of alkyl halides is 4. The summed E-state index contributed by atoms with van der Waals surface area (Å²) in [5.74, 6) is -1.88. The van der Waals surface area contributed by atoms with Crippen LogP contribution in [0.3, 0.4) is 0 Å². The van der Waals surface area contributed by atoms with E-state index in [1.54, 1.807) is 0 Å². The molecule has 1 aliphatic heterocycles. The summed E-state index contributed by atoms with van der Waals surface area (Å²) < 4.78 is 82.8. The van der Waals surface area contributed by atoms with Gasteiger partial charge in [-0.25, -0.2) is 36.3 Å². The van der Waals surface area contributed by atoms with E-state index < -0.39 is 41.6 Å². The minimum Gasteiger partial charge on any atom is -0.363 e. The highest BCUT2D eigenvalue weighted by atomic mass is 19.3. The number of benzene rings is 1. The number of fused-ring (bicyclic) bond motifs is 1. The van der Waals surface area contributed by atoms with E-state index in [-0.39, 0.29) is 40.5 Å². The topological polar surface area (TPSA) is 41.1 Å². The lowest BCUT2D eigenvalue weighted by Crippen LogP contribution is -2.47. The van der Waals surface area contributed by atoms with E-state index in [0.29, 0.717) is 0 Å². The fraction of sp³-hybridized carbons (Fsp3) is 0.333. The molecule has 1 fully saturated rings. The zero-order valence-electron chi connectivity index (χ0n) is 16.3. The van der Waals surface area contributed by atoms with Gasteiger partial charge in [-0.2, -0.15) is 0 Å². The second-order valence-electron chi connectivity index (χ2n) is 7.57. The first-order chi connectivity index (χ1) is 14.7. The number of nitrogens with zero attached hydrogens (tertiary/aromatic N) is 3. The van der Waals surface area contributed by atoms with Crippen LogP contribution in [-0.2, 0) is 0 Å². The van der Waals surface area contributed by atoms with Crippen molar-refractivity contribution in [2.24, 2.45) is 0 Å². The number of rotatable bonds is 6. The molecule has 1 aromatic heterocycles. The van der Waals surface area contributed by atoms with Gasteiger partial charge in [-0.05, 0) is 19.8 Å². The molecule has 10 heteroatoms. The van der Waals surface area contributed by atoms with Crippen LogP contribution >= 0.6 is 0 Å². The van der Waals surface area contributed by atoms with Crippen molar-refractivity contribution >= 4 is 17.8 Å². The lowest BCUT2D eigenvalue weighted by atomic mass is 10.0. The summed E-state index contributed by atoms with van der Waals surface area (Å²) in [6, 6.07) is 2.80. The molecule has 164 valence electrons. The number of nitrogens with one attached hydrogen (secondary N) is 1. The van der Waals surface area contributed by atoms with Gasteiger partial charge in [0, 0.05) is 11.8 Å². The van der Waals surface area contributed by atoms with Crippen molar-refractivity contribution in [3.63, 3.8) is 0 Å². The summed E-state index contributed by atoms with van der Waals surface area (Å²) in [5.41, 5.74) is -2.55. The Balaban J connectivity index is 1.77. The van der Waals surface area contributed by atoms with Gasteiger partial charge in [0.05, 0.1) is 22.5 Å². The van der Waals surface area contributed by atoms with Crippen LogP contribution in [0.2, 0.25) is 0 Å². The van der Waals surface area contributed by atoms with Crippen molar-refractivity contribution in [1.29, 1.82) is 0 Å². The average Bonchev–Trinajstić information content (AvgIpc) is 3.53. The molecule has 4 nitrogen and oxygen atoms in total. The maximum atomic E-state index is 14.9. The summed E-state index contributed by atoms with van der Waals surface area (Å²) in [6.45, 7) is 5.11. The van der Waals surface area contributed by atoms with Crippen molar-refractivity contribution in [3.05, 3.63) is 64.3 Å². The Hall–Kier alpha value is -3.04. The molecule has 1 N–H and O–H groups in total. The van der Waals surface area contributed by atoms with Crippen LogP contribution in [0.1, 0.15) is 43.4 Å². The first-order valence-electron chi connectivity index (χ1n) is 9.50. The SMILES string of the molecule is C=C1C(F)=c2ncnc(NC(C)c3cccc(C(F)F)c3F)c2=CN1C1(C(F)F)CC1. The molecule has 1 aromatic carbocycles. The molecule has 4 rings (SSSR count). The van der Waals surface area contributed by atoms with Gasteiger partial charge in [-0.1, -0.05) is 24.8 Å². The van der Waals surface area contributed by atoms with Gasteiger partial charge < -0.3 is 10.2 Å². The third-order valence-electron chi connectivity index (χ3n) is 5.66. The van der Waals surface area contributed by atoms with E-state index in [2.05, 4.69) is 21.9 Å². The molecule has 0 bridgehead atoms. The van der Waals surface area contributed by atoms with Gasteiger partial charge in [0.15, 0.2) is 5.83 Å². The Bertz CT molecular complexity index is 1160. The summed E-state index contributed by atoms with van der Waals surface area (Å²) in [7, 11) is 0. The molecule has 0 saturated heterocycles. The van der Waals surface area contributed by atoms with Gasteiger partial charge in [-0.15, -0.1) is 0 Å². The van der Waals surface area contributed by atoms with E-state index in [1.165, 1.54) is 25.3 Å². The molecule has 2 aliphatic rings. The third kappa shape index (κ3) is 3.43. The fourth-order valence-corrected chi connectivity index (χ4v) is 3.70. The molecule has 1 aliphatic carbocycles. The monoisotopic (exact) mass is 440 g/mol. The molecule has 1 atom stereocenters. The minimum atomic E-state index is -2.99. The fourth-order valence-electron chi connectivity index (χ4n) is 3.70. The van der Waals surface area contributed by atoms with E-state index in [1.807, 2.05) is 0 Å². The Labute approximate surface area is 173 Å².